The average molecular weight is 509 g/mol. The van der Waals surface area contributed by atoms with Gasteiger partial charge in [-0.25, -0.2) is 18.7 Å². The molecular formula is C27H29FN4O5. The highest BCUT2D eigenvalue weighted by molar-refractivity contribution is 6.01. The third-order valence-electron chi connectivity index (χ3n) is 7.70. The van der Waals surface area contributed by atoms with Crippen molar-refractivity contribution >= 4 is 23.5 Å². The van der Waals surface area contributed by atoms with Crippen molar-refractivity contribution in [3.63, 3.8) is 0 Å². The number of carbonyl (C=O) groups excluding carboxylic acids is 2. The van der Waals surface area contributed by atoms with E-state index in [1.54, 1.807) is 10.6 Å². The molecule has 10 heteroatoms. The van der Waals surface area contributed by atoms with Crippen LogP contribution in [0.2, 0.25) is 0 Å². The smallest absolute Gasteiger partial charge is 0.338 e. The second-order valence-electron chi connectivity index (χ2n) is 10.3. The Morgan fingerprint density at radius 3 is 2.62 bits per heavy atom. The van der Waals surface area contributed by atoms with E-state index in [0.717, 1.165) is 37.1 Å². The summed E-state index contributed by atoms with van der Waals surface area (Å²) in [7, 11) is 0. The summed E-state index contributed by atoms with van der Waals surface area (Å²) < 4.78 is 21.9. The van der Waals surface area contributed by atoms with Gasteiger partial charge in [-0.3, -0.25) is 9.59 Å². The number of aromatic carboxylic acids is 1. The van der Waals surface area contributed by atoms with Gasteiger partial charge in [0.25, 0.3) is 5.78 Å². The topological polar surface area (TPSA) is 124 Å². The van der Waals surface area contributed by atoms with Crippen LogP contribution in [0.3, 0.4) is 0 Å². The van der Waals surface area contributed by atoms with Crippen LogP contribution in [0.1, 0.15) is 71.7 Å². The molecule has 3 heterocycles. The molecule has 1 saturated heterocycles. The van der Waals surface area contributed by atoms with Gasteiger partial charge in [0.05, 0.1) is 5.56 Å². The first-order valence-corrected chi connectivity index (χ1v) is 12.6. The Balaban J connectivity index is 1.35. The van der Waals surface area contributed by atoms with E-state index >= 15 is 0 Å². The van der Waals surface area contributed by atoms with Gasteiger partial charge in [-0.2, -0.15) is 4.98 Å². The number of aryl methyl sites for hydroxylation is 3. The molecule has 1 N–H and O–H groups in total. The van der Waals surface area contributed by atoms with Crippen molar-refractivity contribution in [2.45, 2.75) is 70.8 Å². The summed E-state index contributed by atoms with van der Waals surface area (Å²) in [5.74, 6) is -3.06. The number of hydrogen-bond donors (Lipinski definition) is 1. The standard InChI is InChI=1S/C27H29FN4O5/c1-15-11-16(2)32-26(29-15)30-23(31-32)13-20-22(33)14-27(37-25(20)36,18-5-3-4-6-18)10-9-17-7-8-19(24(34)35)21(28)12-17/h7-8,11-12,18,20H,3-6,9-10,13-14H2,1-2H3,(H,34,35). The largest absolute Gasteiger partial charge is 0.478 e. The van der Waals surface area contributed by atoms with Crippen LogP contribution < -0.4 is 0 Å². The number of Topliss-reactive ketones (excluding diaryl/α,β-unsaturated/α-hetero) is 1. The van der Waals surface area contributed by atoms with Crippen molar-refractivity contribution in [3.05, 3.63) is 58.4 Å². The number of aromatic nitrogens is 4. The number of halogens is 1. The summed E-state index contributed by atoms with van der Waals surface area (Å²) in [5.41, 5.74) is 0.905. The van der Waals surface area contributed by atoms with E-state index in [2.05, 4.69) is 15.1 Å². The molecule has 1 aliphatic heterocycles. The number of esters is 1. The first-order chi connectivity index (χ1) is 17.6. The zero-order valence-corrected chi connectivity index (χ0v) is 20.9. The number of ketones is 1. The molecule has 2 aliphatic rings. The van der Waals surface area contributed by atoms with Gasteiger partial charge in [0.1, 0.15) is 17.3 Å². The number of rotatable bonds is 7. The minimum Gasteiger partial charge on any atom is -0.478 e. The van der Waals surface area contributed by atoms with Crippen molar-refractivity contribution in [3.8, 4) is 0 Å². The van der Waals surface area contributed by atoms with E-state index in [4.69, 9.17) is 9.84 Å². The zero-order chi connectivity index (χ0) is 26.3. The third-order valence-corrected chi connectivity index (χ3v) is 7.70. The van der Waals surface area contributed by atoms with Crippen LogP contribution in [0, 0.1) is 31.5 Å². The van der Waals surface area contributed by atoms with Crippen molar-refractivity contribution in [1.82, 2.24) is 19.6 Å². The lowest BCUT2D eigenvalue weighted by Crippen LogP contribution is -2.52. The highest BCUT2D eigenvalue weighted by atomic mass is 19.1. The maximum atomic E-state index is 14.2. The van der Waals surface area contributed by atoms with Gasteiger partial charge in [0.2, 0.25) is 0 Å². The van der Waals surface area contributed by atoms with Crippen LogP contribution in [0.15, 0.2) is 24.3 Å². The van der Waals surface area contributed by atoms with Gasteiger partial charge in [-0.05, 0) is 69.2 Å². The van der Waals surface area contributed by atoms with E-state index in [1.807, 2.05) is 19.9 Å². The molecule has 1 aliphatic carbocycles. The molecule has 0 radical (unpaired) electrons. The molecule has 5 rings (SSSR count). The molecule has 37 heavy (non-hydrogen) atoms. The predicted molar refractivity (Wildman–Crippen MR) is 130 cm³/mol. The Labute approximate surface area is 213 Å². The number of nitrogens with zero attached hydrogens (tertiary/aromatic N) is 4. The molecule has 194 valence electrons. The maximum absolute atomic E-state index is 14.2. The van der Waals surface area contributed by atoms with Crippen molar-refractivity contribution in [2.24, 2.45) is 11.8 Å². The number of benzene rings is 1. The van der Waals surface area contributed by atoms with Crippen molar-refractivity contribution in [2.75, 3.05) is 0 Å². The highest BCUT2D eigenvalue weighted by Gasteiger charge is 2.51. The van der Waals surface area contributed by atoms with Gasteiger partial charge >= 0.3 is 11.9 Å². The Kier molecular flexibility index (Phi) is 6.51. The zero-order valence-electron chi connectivity index (χ0n) is 20.9. The normalized spacial score (nSPS) is 22.5. The first-order valence-electron chi connectivity index (χ1n) is 12.6. The summed E-state index contributed by atoms with van der Waals surface area (Å²) in [4.78, 5) is 46.6. The third kappa shape index (κ3) is 4.84. The van der Waals surface area contributed by atoms with E-state index < -0.39 is 34.8 Å². The highest BCUT2D eigenvalue weighted by Crippen LogP contribution is 2.45. The summed E-state index contributed by atoms with van der Waals surface area (Å²) in [6, 6.07) is 5.89. The number of carbonyl (C=O) groups is 3. The van der Waals surface area contributed by atoms with Gasteiger partial charge in [0.15, 0.2) is 11.6 Å². The fraction of sp³-hybridized carbons (Fsp3) is 0.481. The molecule has 0 spiro atoms. The number of fused-ring (bicyclic) bond motifs is 1. The number of carboxylic acids is 1. The average Bonchev–Trinajstić information content (AvgIpc) is 3.51. The summed E-state index contributed by atoms with van der Waals surface area (Å²) >= 11 is 0. The molecule has 0 amide bonds. The van der Waals surface area contributed by atoms with Gasteiger partial charge < -0.3 is 9.84 Å². The van der Waals surface area contributed by atoms with E-state index in [-0.39, 0.29) is 24.5 Å². The SMILES string of the molecule is Cc1cc(C)n2nc(CC3C(=O)CC(CCc4ccc(C(=O)O)c(F)c4)(C4CCCC4)OC3=O)nc2n1. The lowest BCUT2D eigenvalue weighted by atomic mass is 9.73. The maximum Gasteiger partial charge on any atom is 0.338 e. The van der Waals surface area contributed by atoms with Gasteiger partial charge in [0, 0.05) is 24.2 Å². The fourth-order valence-corrected chi connectivity index (χ4v) is 5.80. The van der Waals surface area contributed by atoms with E-state index in [0.29, 0.717) is 30.0 Å². The second kappa shape index (κ2) is 9.64. The molecule has 1 saturated carbocycles. The molecule has 1 aromatic carbocycles. The minimum atomic E-state index is -1.33. The lowest BCUT2D eigenvalue weighted by Gasteiger charge is -2.43. The van der Waals surface area contributed by atoms with Crippen LogP contribution in [0.25, 0.3) is 5.78 Å². The molecular weight excluding hydrogens is 479 g/mol. The summed E-state index contributed by atoms with van der Waals surface area (Å²) in [5, 5.41) is 13.5. The van der Waals surface area contributed by atoms with Crippen molar-refractivity contribution < 1.29 is 28.6 Å². The molecule has 2 unspecified atom stereocenters. The number of hydrogen-bond acceptors (Lipinski definition) is 7. The molecule has 2 atom stereocenters. The number of cyclic esters (lactones) is 1. The van der Waals surface area contributed by atoms with Gasteiger partial charge in [-0.15, -0.1) is 5.10 Å². The van der Waals surface area contributed by atoms with Crippen LogP contribution in [0.5, 0.6) is 0 Å². The summed E-state index contributed by atoms with van der Waals surface area (Å²) in [6.45, 7) is 3.75. The number of ether oxygens (including phenoxy) is 1. The molecule has 3 aromatic rings. The Morgan fingerprint density at radius 1 is 1.19 bits per heavy atom. The monoisotopic (exact) mass is 508 g/mol. The van der Waals surface area contributed by atoms with E-state index in [1.165, 1.54) is 12.1 Å². The minimum absolute atomic E-state index is 0.0438. The van der Waals surface area contributed by atoms with Crippen LogP contribution in [-0.4, -0.2) is 48.0 Å². The number of carboxylic acid groups (broad SMARTS) is 1. The predicted octanol–water partition coefficient (Wildman–Crippen LogP) is 3.81. The lowest BCUT2D eigenvalue weighted by molar-refractivity contribution is -0.185. The van der Waals surface area contributed by atoms with Crippen LogP contribution in [0.4, 0.5) is 4.39 Å². The van der Waals surface area contributed by atoms with Crippen molar-refractivity contribution in [1.29, 1.82) is 0 Å². The fourth-order valence-electron chi connectivity index (χ4n) is 5.80. The van der Waals surface area contributed by atoms with Gasteiger partial charge in [-0.1, -0.05) is 18.9 Å². The molecule has 2 fully saturated rings. The van der Waals surface area contributed by atoms with E-state index in [9.17, 15) is 18.8 Å². The molecule has 0 bridgehead atoms. The Morgan fingerprint density at radius 2 is 1.95 bits per heavy atom. The molecule has 9 nitrogen and oxygen atoms in total. The molecule has 2 aromatic heterocycles. The Hall–Kier alpha value is -3.69. The first kappa shape index (κ1) is 25.0. The summed E-state index contributed by atoms with van der Waals surface area (Å²) in [6.07, 6.45) is 4.57. The Bertz CT molecular complexity index is 1380. The van der Waals surface area contributed by atoms with Crippen LogP contribution in [-0.2, 0) is 27.2 Å². The van der Waals surface area contributed by atoms with Crippen LogP contribution >= 0.6 is 0 Å². The second-order valence-corrected chi connectivity index (χ2v) is 10.3. The quantitative estimate of drug-likeness (QED) is 0.377.